The summed E-state index contributed by atoms with van der Waals surface area (Å²) in [7, 11) is 0. The van der Waals surface area contributed by atoms with Crippen LogP contribution >= 0.6 is 12.6 Å². The summed E-state index contributed by atoms with van der Waals surface area (Å²) >= 11 is 4.43. The lowest BCUT2D eigenvalue weighted by atomic mass is 10.3. The van der Waals surface area contributed by atoms with Crippen molar-refractivity contribution >= 4 is 30.3 Å². The Bertz CT molecular complexity index is 585. The van der Waals surface area contributed by atoms with Gasteiger partial charge in [0.1, 0.15) is 12.2 Å². The van der Waals surface area contributed by atoms with Crippen molar-refractivity contribution in [2.24, 2.45) is 4.99 Å². The highest BCUT2D eigenvalue weighted by Crippen LogP contribution is 2.29. The maximum Gasteiger partial charge on any atom is 0.186 e. The largest absolute Gasteiger partial charge is 0.246 e. The first-order valence-corrected chi connectivity index (χ1v) is 6.38. The summed E-state index contributed by atoms with van der Waals surface area (Å²) in [6, 6.07) is 16.1. The third-order valence-corrected chi connectivity index (χ3v) is 3.22. The molecule has 3 rings (SSSR count). The summed E-state index contributed by atoms with van der Waals surface area (Å²) in [6.07, 6.45) is 1.72. The van der Waals surface area contributed by atoms with Crippen molar-refractivity contribution in [1.82, 2.24) is 0 Å². The van der Waals surface area contributed by atoms with Crippen LogP contribution in [0.5, 0.6) is 0 Å². The van der Waals surface area contributed by atoms with E-state index in [1.54, 1.807) is 18.5 Å². The lowest BCUT2D eigenvalue weighted by Crippen LogP contribution is -2.40. The first-order valence-electron chi connectivity index (χ1n) is 5.86. The fraction of sp³-hybridized carbons (Fsp3) is 0.0714. The van der Waals surface area contributed by atoms with Gasteiger partial charge in [-0.3, -0.25) is 0 Å². The van der Waals surface area contributed by atoms with Crippen molar-refractivity contribution in [3.05, 3.63) is 60.4 Å². The van der Waals surface area contributed by atoms with Crippen LogP contribution in [0.15, 0.2) is 59.6 Å². The highest BCUT2D eigenvalue weighted by atomic mass is 32.1. The molecule has 19 heavy (non-hydrogen) atoms. The summed E-state index contributed by atoms with van der Waals surface area (Å²) in [6.45, 7) is 0. The second kappa shape index (κ2) is 4.93. The van der Waals surface area contributed by atoms with Gasteiger partial charge >= 0.3 is 0 Å². The van der Waals surface area contributed by atoms with E-state index in [9.17, 15) is 4.39 Å². The molecule has 0 spiro atoms. The summed E-state index contributed by atoms with van der Waals surface area (Å²) in [5.74, 6) is -0.258. The number of aliphatic imine (C=N–C) groups is 1. The first-order chi connectivity index (χ1) is 9.25. The molecule has 1 unspecified atom stereocenters. The third-order valence-electron chi connectivity index (χ3n) is 2.87. The number of anilines is 2. The number of hydrogen-bond acceptors (Lipinski definition) is 4. The number of halogens is 1. The lowest BCUT2D eigenvalue weighted by Gasteiger charge is -2.31. The van der Waals surface area contributed by atoms with Crippen LogP contribution in [0, 0.1) is 5.82 Å². The Morgan fingerprint density at radius 1 is 0.947 bits per heavy atom. The van der Waals surface area contributed by atoms with Crippen LogP contribution in [0.25, 0.3) is 0 Å². The van der Waals surface area contributed by atoms with E-state index in [4.69, 9.17) is 0 Å². The van der Waals surface area contributed by atoms with E-state index in [1.165, 1.54) is 12.1 Å². The number of para-hydroxylation sites is 1. The van der Waals surface area contributed by atoms with Gasteiger partial charge in [-0.25, -0.2) is 19.4 Å². The standard InChI is InChI=1S/C14H12FN3S/c15-11-6-8-13(9-7-11)18-14(19)16-10-17(18)12-4-2-1-3-5-12/h1-10,14,19H. The van der Waals surface area contributed by atoms with Crippen LogP contribution in [-0.2, 0) is 0 Å². The van der Waals surface area contributed by atoms with Gasteiger partial charge in [0.2, 0.25) is 0 Å². The predicted molar refractivity (Wildman–Crippen MR) is 79.1 cm³/mol. The van der Waals surface area contributed by atoms with Crippen LogP contribution in [0.2, 0.25) is 0 Å². The van der Waals surface area contributed by atoms with E-state index in [-0.39, 0.29) is 11.3 Å². The molecule has 1 atom stereocenters. The summed E-state index contributed by atoms with van der Waals surface area (Å²) in [4.78, 5) is 4.27. The second-order valence-corrected chi connectivity index (χ2v) is 4.57. The fourth-order valence-electron chi connectivity index (χ4n) is 1.98. The van der Waals surface area contributed by atoms with Crippen LogP contribution in [-0.4, -0.2) is 11.8 Å². The monoisotopic (exact) mass is 273 g/mol. The van der Waals surface area contributed by atoms with E-state index >= 15 is 0 Å². The topological polar surface area (TPSA) is 18.8 Å². The average Bonchev–Trinajstić information content (AvgIpc) is 2.83. The van der Waals surface area contributed by atoms with E-state index in [0.29, 0.717) is 0 Å². The molecule has 0 radical (unpaired) electrons. The summed E-state index contributed by atoms with van der Waals surface area (Å²) in [5, 5.41) is 3.78. The lowest BCUT2D eigenvalue weighted by molar-refractivity contribution is 0.627. The molecule has 1 heterocycles. The first kappa shape index (κ1) is 12.0. The minimum atomic E-state index is -0.314. The molecule has 0 N–H and O–H groups in total. The van der Waals surface area contributed by atoms with Crippen molar-refractivity contribution in [3.63, 3.8) is 0 Å². The Labute approximate surface area is 116 Å². The Kier molecular flexibility index (Phi) is 3.13. The van der Waals surface area contributed by atoms with Gasteiger partial charge in [0.25, 0.3) is 0 Å². The van der Waals surface area contributed by atoms with Gasteiger partial charge in [0, 0.05) is 0 Å². The molecule has 0 amide bonds. The maximum atomic E-state index is 13.0. The molecule has 1 aliphatic rings. The van der Waals surface area contributed by atoms with Crippen molar-refractivity contribution < 1.29 is 4.39 Å². The van der Waals surface area contributed by atoms with Crippen LogP contribution < -0.4 is 10.0 Å². The summed E-state index contributed by atoms with van der Waals surface area (Å²) in [5.41, 5.74) is 1.50. The molecule has 2 aromatic carbocycles. The quantitative estimate of drug-likeness (QED) is 0.846. The van der Waals surface area contributed by atoms with E-state index in [1.807, 2.05) is 40.3 Å². The SMILES string of the molecule is Fc1ccc(N2C(S)N=CN2c2ccccc2)cc1. The Balaban J connectivity index is 1.96. The molecular formula is C14H12FN3S. The molecule has 0 bridgehead atoms. The highest BCUT2D eigenvalue weighted by molar-refractivity contribution is 7.81. The minimum Gasteiger partial charge on any atom is -0.246 e. The van der Waals surface area contributed by atoms with Crippen molar-refractivity contribution in [2.75, 3.05) is 10.0 Å². The molecular weight excluding hydrogens is 261 g/mol. The van der Waals surface area contributed by atoms with Crippen molar-refractivity contribution in [1.29, 1.82) is 0 Å². The smallest absolute Gasteiger partial charge is 0.186 e. The van der Waals surface area contributed by atoms with E-state index in [0.717, 1.165) is 11.4 Å². The zero-order valence-corrected chi connectivity index (χ0v) is 10.9. The average molecular weight is 273 g/mol. The minimum absolute atomic E-state index is 0.258. The molecule has 0 saturated carbocycles. The Hall–Kier alpha value is -2.01. The van der Waals surface area contributed by atoms with Crippen LogP contribution in [0.3, 0.4) is 0 Å². The normalized spacial score (nSPS) is 18.1. The molecule has 0 fully saturated rings. The number of hydrogen-bond donors (Lipinski definition) is 1. The van der Waals surface area contributed by atoms with E-state index < -0.39 is 0 Å². The van der Waals surface area contributed by atoms with Gasteiger partial charge in [-0.15, -0.1) is 12.6 Å². The van der Waals surface area contributed by atoms with Gasteiger partial charge in [-0.05, 0) is 36.4 Å². The zero-order chi connectivity index (χ0) is 13.2. The molecule has 0 aliphatic carbocycles. The number of rotatable bonds is 2. The van der Waals surface area contributed by atoms with E-state index in [2.05, 4.69) is 17.6 Å². The molecule has 0 aromatic heterocycles. The highest BCUT2D eigenvalue weighted by Gasteiger charge is 2.26. The van der Waals surface area contributed by atoms with Gasteiger partial charge < -0.3 is 0 Å². The van der Waals surface area contributed by atoms with Gasteiger partial charge in [0.05, 0.1) is 11.4 Å². The Morgan fingerprint density at radius 2 is 1.63 bits per heavy atom. The maximum absolute atomic E-state index is 13.0. The van der Waals surface area contributed by atoms with Gasteiger partial charge in [-0.2, -0.15) is 0 Å². The molecule has 96 valence electrons. The van der Waals surface area contributed by atoms with Gasteiger partial charge in [-0.1, -0.05) is 18.2 Å². The predicted octanol–water partition coefficient (Wildman–Crippen LogP) is 3.31. The fourth-order valence-corrected chi connectivity index (χ4v) is 2.28. The van der Waals surface area contributed by atoms with Gasteiger partial charge in [0.15, 0.2) is 5.50 Å². The number of nitrogens with zero attached hydrogens (tertiary/aromatic N) is 3. The van der Waals surface area contributed by atoms with Crippen LogP contribution in [0.1, 0.15) is 0 Å². The Morgan fingerprint density at radius 3 is 2.32 bits per heavy atom. The molecule has 5 heteroatoms. The van der Waals surface area contributed by atoms with Crippen LogP contribution in [0.4, 0.5) is 15.8 Å². The van der Waals surface area contributed by atoms with Crippen molar-refractivity contribution in [3.8, 4) is 0 Å². The molecule has 0 saturated heterocycles. The zero-order valence-electron chi connectivity index (χ0n) is 10.0. The van der Waals surface area contributed by atoms with Crippen molar-refractivity contribution in [2.45, 2.75) is 5.50 Å². The third kappa shape index (κ3) is 2.29. The number of thiol groups is 1. The molecule has 2 aromatic rings. The molecule has 1 aliphatic heterocycles. The summed E-state index contributed by atoms with van der Waals surface area (Å²) < 4.78 is 13.0. The number of benzene rings is 2. The number of hydrazine groups is 1. The second-order valence-electron chi connectivity index (χ2n) is 4.11. The molecule has 3 nitrogen and oxygen atoms in total.